The molecule has 1 amide bonds. The maximum atomic E-state index is 12.1. The van der Waals surface area contributed by atoms with Crippen LogP contribution in [0, 0.1) is 0 Å². The monoisotopic (exact) mass is 339 g/mol. The van der Waals surface area contributed by atoms with Crippen LogP contribution in [0.3, 0.4) is 0 Å². The van der Waals surface area contributed by atoms with E-state index in [0.29, 0.717) is 11.4 Å². The second kappa shape index (κ2) is 7.72. The van der Waals surface area contributed by atoms with Crippen LogP contribution in [0.5, 0.6) is 11.5 Å². The molecule has 7 heteroatoms. The third-order valence-electron chi connectivity index (χ3n) is 3.06. The van der Waals surface area contributed by atoms with Gasteiger partial charge < -0.3 is 14.8 Å². The molecule has 0 saturated heterocycles. The molecule has 0 aliphatic heterocycles. The van der Waals surface area contributed by atoms with E-state index >= 15 is 0 Å². The minimum absolute atomic E-state index is 0.0838. The summed E-state index contributed by atoms with van der Waals surface area (Å²) in [6.45, 7) is -1.35. The first kappa shape index (κ1) is 17.7. The quantitative estimate of drug-likeness (QED) is 0.870. The molecule has 2 aromatic carbocycles. The van der Waals surface area contributed by atoms with Crippen LogP contribution < -0.4 is 14.8 Å². The van der Waals surface area contributed by atoms with E-state index in [9.17, 15) is 18.0 Å². The van der Waals surface area contributed by atoms with Crippen molar-refractivity contribution in [1.82, 2.24) is 0 Å². The molecule has 0 radical (unpaired) electrons. The average Bonchev–Trinajstić information content (AvgIpc) is 2.54. The Morgan fingerprint density at radius 2 is 1.58 bits per heavy atom. The van der Waals surface area contributed by atoms with Crippen LogP contribution in [0.25, 0.3) is 0 Å². The van der Waals surface area contributed by atoms with Gasteiger partial charge in [0, 0.05) is 5.69 Å². The molecule has 0 heterocycles. The number of anilines is 1. The number of carbonyl (C=O) groups excluding carboxylic acids is 1. The number of nitrogens with one attached hydrogen (secondary N) is 1. The lowest BCUT2D eigenvalue weighted by Gasteiger charge is -2.10. The highest BCUT2D eigenvalue weighted by molar-refractivity contribution is 5.92. The van der Waals surface area contributed by atoms with Crippen molar-refractivity contribution in [3.63, 3.8) is 0 Å². The fraction of sp³-hybridized carbons (Fsp3) is 0.235. The lowest BCUT2D eigenvalue weighted by atomic mass is 10.1. The standard InChI is InChI=1S/C17H16F3NO3/c1-23-14-6-2-12(3-7-14)10-16(22)21-13-4-8-15(9-5-13)24-11-17(18,19)20/h2-9H,10-11H2,1H3,(H,21,22). The number of carbonyl (C=O) groups is 1. The van der Waals surface area contributed by atoms with Gasteiger partial charge >= 0.3 is 6.18 Å². The lowest BCUT2D eigenvalue weighted by Crippen LogP contribution is -2.19. The number of hydrogen-bond acceptors (Lipinski definition) is 3. The average molecular weight is 339 g/mol. The molecule has 0 aromatic heterocycles. The molecule has 0 fully saturated rings. The maximum Gasteiger partial charge on any atom is 0.422 e. The summed E-state index contributed by atoms with van der Waals surface area (Å²) in [5.41, 5.74) is 1.30. The van der Waals surface area contributed by atoms with Gasteiger partial charge in [-0.1, -0.05) is 12.1 Å². The lowest BCUT2D eigenvalue weighted by molar-refractivity contribution is -0.153. The summed E-state index contributed by atoms with van der Waals surface area (Å²) in [5.74, 6) is 0.554. The molecule has 0 aliphatic carbocycles. The number of methoxy groups -OCH3 is 1. The number of alkyl halides is 3. The number of hydrogen-bond donors (Lipinski definition) is 1. The van der Waals surface area contributed by atoms with Gasteiger partial charge in [-0.05, 0) is 42.0 Å². The zero-order valence-corrected chi connectivity index (χ0v) is 12.9. The van der Waals surface area contributed by atoms with E-state index in [1.807, 2.05) is 0 Å². The van der Waals surface area contributed by atoms with Gasteiger partial charge in [-0.15, -0.1) is 0 Å². The molecule has 0 unspecified atom stereocenters. The molecule has 1 N–H and O–H groups in total. The summed E-state index contributed by atoms with van der Waals surface area (Å²) in [7, 11) is 1.56. The van der Waals surface area contributed by atoms with Gasteiger partial charge in [-0.25, -0.2) is 0 Å². The largest absolute Gasteiger partial charge is 0.497 e. The van der Waals surface area contributed by atoms with Crippen LogP contribution in [-0.4, -0.2) is 25.8 Å². The van der Waals surface area contributed by atoms with Crippen molar-refractivity contribution >= 4 is 11.6 Å². The van der Waals surface area contributed by atoms with Crippen LogP contribution in [0.2, 0.25) is 0 Å². The maximum absolute atomic E-state index is 12.1. The summed E-state index contributed by atoms with van der Waals surface area (Å²) in [4.78, 5) is 12.0. The molecular formula is C17H16F3NO3. The third kappa shape index (κ3) is 5.83. The minimum Gasteiger partial charge on any atom is -0.497 e. The second-order valence-electron chi connectivity index (χ2n) is 5.00. The molecule has 128 valence electrons. The van der Waals surface area contributed by atoms with E-state index in [4.69, 9.17) is 4.74 Å². The normalized spacial score (nSPS) is 11.0. The zero-order valence-electron chi connectivity index (χ0n) is 12.9. The highest BCUT2D eigenvalue weighted by Gasteiger charge is 2.28. The molecule has 0 spiro atoms. The van der Waals surface area contributed by atoms with Crippen LogP contribution in [-0.2, 0) is 11.2 Å². The summed E-state index contributed by atoms with van der Waals surface area (Å²) in [6, 6.07) is 12.8. The molecule has 0 bridgehead atoms. The topological polar surface area (TPSA) is 47.6 Å². The third-order valence-corrected chi connectivity index (χ3v) is 3.06. The van der Waals surface area contributed by atoms with Crippen molar-refractivity contribution in [3.8, 4) is 11.5 Å². The number of halogens is 3. The Bertz CT molecular complexity index is 667. The Morgan fingerprint density at radius 1 is 1.00 bits per heavy atom. The number of benzene rings is 2. The van der Waals surface area contributed by atoms with E-state index in [2.05, 4.69) is 10.1 Å². The highest BCUT2D eigenvalue weighted by atomic mass is 19.4. The number of amides is 1. The molecular weight excluding hydrogens is 323 g/mol. The summed E-state index contributed by atoms with van der Waals surface area (Å²) >= 11 is 0. The van der Waals surface area contributed by atoms with Crippen LogP contribution in [0.15, 0.2) is 48.5 Å². The summed E-state index contributed by atoms with van der Waals surface area (Å²) < 4.78 is 45.8. The SMILES string of the molecule is COc1ccc(CC(=O)Nc2ccc(OCC(F)(F)F)cc2)cc1. The highest BCUT2D eigenvalue weighted by Crippen LogP contribution is 2.20. The Kier molecular flexibility index (Phi) is 5.68. The molecule has 24 heavy (non-hydrogen) atoms. The first-order chi connectivity index (χ1) is 11.4. The van der Waals surface area contributed by atoms with Gasteiger partial charge in [0.2, 0.25) is 5.91 Å². The zero-order chi connectivity index (χ0) is 17.6. The molecule has 4 nitrogen and oxygen atoms in total. The first-order valence-corrected chi connectivity index (χ1v) is 7.08. The van der Waals surface area contributed by atoms with Crippen molar-refractivity contribution in [3.05, 3.63) is 54.1 Å². The van der Waals surface area contributed by atoms with Crippen molar-refractivity contribution in [1.29, 1.82) is 0 Å². The van der Waals surface area contributed by atoms with Gasteiger partial charge in [0.25, 0.3) is 0 Å². The van der Waals surface area contributed by atoms with E-state index in [1.165, 1.54) is 24.3 Å². The predicted octanol–water partition coefficient (Wildman–Crippen LogP) is 3.82. The van der Waals surface area contributed by atoms with Gasteiger partial charge in [0.05, 0.1) is 13.5 Å². The smallest absolute Gasteiger partial charge is 0.422 e. The van der Waals surface area contributed by atoms with E-state index in [1.54, 1.807) is 31.4 Å². The molecule has 0 saturated carbocycles. The van der Waals surface area contributed by atoms with Crippen molar-refractivity contribution < 1.29 is 27.4 Å². The van der Waals surface area contributed by atoms with E-state index in [0.717, 1.165) is 5.56 Å². The molecule has 2 rings (SSSR count). The Balaban J connectivity index is 1.87. The van der Waals surface area contributed by atoms with Gasteiger partial charge in [-0.3, -0.25) is 4.79 Å². The van der Waals surface area contributed by atoms with Crippen molar-refractivity contribution in [2.75, 3.05) is 19.0 Å². The fourth-order valence-corrected chi connectivity index (χ4v) is 1.93. The van der Waals surface area contributed by atoms with Crippen LogP contribution in [0.4, 0.5) is 18.9 Å². The van der Waals surface area contributed by atoms with Crippen molar-refractivity contribution in [2.24, 2.45) is 0 Å². The Labute approximate surface area is 137 Å². The second-order valence-corrected chi connectivity index (χ2v) is 5.00. The van der Waals surface area contributed by atoms with Crippen LogP contribution in [0.1, 0.15) is 5.56 Å². The van der Waals surface area contributed by atoms with Gasteiger partial charge in [0.1, 0.15) is 11.5 Å². The van der Waals surface area contributed by atoms with Gasteiger partial charge in [-0.2, -0.15) is 13.2 Å². The minimum atomic E-state index is -4.38. The Morgan fingerprint density at radius 3 is 2.12 bits per heavy atom. The summed E-state index contributed by atoms with van der Waals surface area (Å²) in [5, 5.41) is 2.67. The summed E-state index contributed by atoms with van der Waals surface area (Å²) in [6.07, 6.45) is -4.21. The number of ether oxygens (including phenoxy) is 2. The first-order valence-electron chi connectivity index (χ1n) is 7.08. The van der Waals surface area contributed by atoms with Crippen molar-refractivity contribution in [2.45, 2.75) is 12.6 Å². The molecule has 0 aliphatic rings. The fourth-order valence-electron chi connectivity index (χ4n) is 1.93. The molecule has 2 aromatic rings. The predicted molar refractivity (Wildman–Crippen MR) is 83.3 cm³/mol. The molecule has 0 atom stereocenters. The van der Waals surface area contributed by atoms with E-state index < -0.39 is 12.8 Å². The number of rotatable bonds is 6. The van der Waals surface area contributed by atoms with Crippen LogP contribution >= 0.6 is 0 Å². The Hall–Kier alpha value is -2.70. The van der Waals surface area contributed by atoms with E-state index in [-0.39, 0.29) is 18.1 Å². The van der Waals surface area contributed by atoms with Gasteiger partial charge in [0.15, 0.2) is 6.61 Å².